The van der Waals surface area contributed by atoms with E-state index in [2.05, 4.69) is 10.3 Å². The molecule has 1 aliphatic heterocycles. The lowest BCUT2D eigenvalue weighted by molar-refractivity contribution is -0.141. The van der Waals surface area contributed by atoms with E-state index >= 15 is 0 Å². The van der Waals surface area contributed by atoms with Crippen molar-refractivity contribution in [1.82, 2.24) is 4.98 Å². The smallest absolute Gasteiger partial charge is 0.363 e. The predicted octanol–water partition coefficient (Wildman–Crippen LogP) is 5.05. The van der Waals surface area contributed by atoms with E-state index in [0.717, 1.165) is 22.5 Å². The molecule has 2 aromatic rings. The minimum absolute atomic E-state index is 0.189. The summed E-state index contributed by atoms with van der Waals surface area (Å²) < 4.78 is 45.2. The zero-order valence-electron chi connectivity index (χ0n) is 14.1. The third-order valence-electron chi connectivity index (χ3n) is 4.09. The number of anilines is 1. The Morgan fingerprint density at radius 1 is 1.36 bits per heavy atom. The molecule has 0 radical (unpaired) electrons. The second kappa shape index (κ2) is 5.81. The number of amides is 1. The van der Waals surface area contributed by atoms with Crippen LogP contribution < -0.4 is 5.32 Å². The Morgan fingerprint density at radius 3 is 2.68 bits per heavy atom. The first kappa shape index (κ1) is 17.9. The summed E-state index contributed by atoms with van der Waals surface area (Å²) in [7, 11) is 0. The molecule has 0 spiro atoms. The van der Waals surface area contributed by atoms with Gasteiger partial charge in [-0.05, 0) is 39.3 Å². The predicted molar refractivity (Wildman–Crippen MR) is 88.8 cm³/mol. The number of benzene rings is 1. The lowest BCUT2D eigenvalue weighted by Crippen LogP contribution is -2.18. The Bertz CT molecular complexity index is 843. The van der Waals surface area contributed by atoms with E-state index in [1.165, 1.54) is 6.92 Å². The van der Waals surface area contributed by atoms with Gasteiger partial charge in [-0.15, -0.1) is 11.3 Å². The highest BCUT2D eigenvalue weighted by Crippen LogP contribution is 2.46. The summed E-state index contributed by atoms with van der Waals surface area (Å²) in [6, 6.07) is 5.31. The maximum absolute atomic E-state index is 13.1. The minimum atomic E-state index is -4.67. The Kier molecular flexibility index (Phi) is 4.15. The van der Waals surface area contributed by atoms with E-state index in [1.54, 1.807) is 12.1 Å². The first-order valence-corrected chi connectivity index (χ1v) is 8.49. The number of aryl methyl sites for hydroxylation is 1. The highest BCUT2D eigenvalue weighted by Gasteiger charge is 2.40. The quantitative estimate of drug-likeness (QED) is 0.805. The van der Waals surface area contributed by atoms with Gasteiger partial charge in [-0.25, -0.2) is 4.98 Å². The number of carbonyl (C=O) groups excluding carboxylic acids is 1. The third-order valence-corrected chi connectivity index (χ3v) is 5.06. The molecular formula is C17H17F3N2O2S. The SMILES string of the molecule is Cc1nc(C(F)(F)F)c(C(=O)Nc2cccc3c2C(C)OC3(C)C)s1. The number of fused-ring (bicyclic) bond motifs is 1. The summed E-state index contributed by atoms with van der Waals surface area (Å²) in [6.45, 7) is 7.11. The van der Waals surface area contributed by atoms with Crippen LogP contribution in [-0.2, 0) is 16.5 Å². The third kappa shape index (κ3) is 3.16. The molecule has 1 amide bonds. The van der Waals surface area contributed by atoms with E-state index in [1.807, 2.05) is 26.8 Å². The van der Waals surface area contributed by atoms with Gasteiger partial charge in [0.2, 0.25) is 0 Å². The second-order valence-corrected chi connectivity index (χ2v) is 7.60. The number of nitrogens with one attached hydrogen (secondary N) is 1. The molecule has 8 heteroatoms. The normalized spacial score (nSPS) is 18.9. The number of hydrogen-bond acceptors (Lipinski definition) is 4. The van der Waals surface area contributed by atoms with Crippen LogP contribution in [0.3, 0.4) is 0 Å². The topological polar surface area (TPSA) is 51.2 Å². The number of halogens is 3. The fourth-order valence-electron chi connectivity index (χ4n) is 3.15. The maximum atomic E-state index is 13.1. The average molecular weight is 370 g/mol. The van der Waals surface area contributed by atoms with Crippen LogP contribution in [0.15, 0.2) is 18.2 Å². The van der Waals surface area contributed by atoms with Gasteiger partial charge in [0.25, 0.3) is 5.91 Å². The molecule has 4 nitrogen and oxygen atoms in total. The first-order valence-electron chi connectivity index (χ1n) is 7.68. The van der Waals surface area contributed by atoms with E-state index < -0.39 is 28.3 Å². The fourth-order valence-corrected chi connectivity index (χ4v) is 3.99. The highest BCUT2D eigenvalue weighted by molar-refractivity contribution is 7.13. The van der Waals surface area contributed by atoms with Crippen molar-refractivity contribution < 1.29 is 22.7 Å². The molecule has 0 saturated carbocycles. The van der Waals surface area contributed by atoms with Gasteiger partial charge in [-0.3, -0.25) is 4.79 Å². The molecule has 1 N–H and O–H groups in total. The van der Waals surface area contributed by atoms with Crippen molar-refractivity contribution in [3.8, 4) is 0 Å². The molecule has 0 saturated heterocycles. The van der Waals surface area contributed by atoms with Crippen LogP contribution in [0.25, 0.3) is 0 Å². The molecule has 3 rings (SSSR count). The van der Waals surface area contributed by atoms with Crippen LogP contribution in [0.4, 0.5) is 18.9 Å². The molecule has 1 aliphatic rings. The van der Waals surface area contributed by atoms with Gasteiger partial charge in [0.15, 0.2) is 5.69 Å². The summed E-state index contributed by atoms with van der Waals surface area (Å²) in [5.41, 5.74) is 0.489. The van der Waals surface area contributed by atoms with Crippen LogP contribution in [0, 0.1) is 6.92 Å². The van der Waals surface area contributed by atoms with Crippen molar-refractivity contribution in [2.45, 2.75) is 45.6 Å². The summed E-state index contributed by atoms with van der Waals surface area (Å²) in [6.07, 6.45) is -4.94. The summed E-state index contributed by atoms with van der Waals surface area (Å²) in [5.74, 6) is -0.816. The standard InChI is InChI=1S/C17H17F3N2O2S/c1-8-12-10(16(3,4)24-8)6-5-7-11(12)22-15(23)13-14(17(18,19)20)21-9(2)25-13/h5-8H,1-4H3,(H,22,23). The van der Waals surface area contributed by atoms with Crippen LogP contribution in [-0.4, -0.2) is 10.9 Å². The first-order chi connectivity index (χ1) is 11.5. The van der Waals surface area contributed by atoms with Crippen molar-refractivity contribution >= 4 is 22.9 Å². The van der Waals surface area contributed by atoms with E-state index in [9.17, 15) is 18.0 Å². The van der Waals surface area contributed by atoms with Gasteiger partial charge in [-0.2, -0.15) is 13.2 Å². The molecule has 1 atom stereocenters. The van der Waals surface area contributed by atoms with Crippen LogP contribution >= 0.6 is 11.3 Å². The lowest BCUT2D eigenvalue weighted by atomic mass is 9.93. The molecule has 0 aliphatic carbocycles. The lowest BCUT2D eigenvalue weighted by Gasteiger charge is -2.19. The Hall–Kier alpha value is -1.93. The number of aromatic nitrogens is 1. The Labute approximate surface area is 147 Å². The number of thiazole rings is 1. The van der Waals surface area contributed by atoms with Crippen LogP contribution in [0.1, 0.15) is 58.4 Å². The number of carbonyl (C=O) groups is 1. The fraction of sp³-hybridized carbons (Fsp3) is 0.412. The molecule has 25 heavy (non-hydrogen) atoms. The van der Waals surface area contributed by atoms with Gasteiger partial charge in [0.05, 0.1) is 16.7 Å². The van der Waals surface area contributed by atoms with Gasteiger partial charge in [-0.1, -0.05) is 12.1 Å². The molecule has 1 aromatic heterocycles. The highest BCUT2D eigenvalue weighted by atomic mass is 32.1. The van der Waals surface area contributed by atoms with Gasteiger partial charge >= 0.3 is 6.18 Å². The molecule has 2 heterocycles. The molecule has 1 aromatic carbocycles. The summed E-state index contributed by atoms with van der Waals surface area (Å²) in [5, 5.41) is 2.79. The van der Waals surface area contributed by atoms with Crippen LogP contribution in [0.2, 0.25) is 0 Å². The maximum Gasteiger partial charge on any atom is 0.435 e. The van der Waals surface area contributed by atoms with Gasteiger partial charge < -0.3 is 10.1 Å². The molecule has 0 fully saturated rings. The molecular weight excluding hydrogens is 353 g/mol. The van der Waals surface area contributed by atoms with Gasteiger partial charge in [0.1, 0.15) is 4.88 Å². The number of rotatable bonds is 2. The van der Waals surface area contributed by atoms with E-state index in [0.29, 0.717) is 5.69 Å². The molecule has 0 bridgehead atoms. The Balaban J connectivity index is 1.98. The van der Waals surface area contributed by atoms with Crippen molar-refractivity contribution in [3.63, 3.8) is 0 Å². The zero-order valence-corrected chi connectivity index (χ0v) is 14.9. The monoisotopic (exact) mass is 370 g/mol. The number of hydrogen-bond donors (Lipinski definition) is 1. The van der Waals surface area contributed by atoms with Crippen molar-refractivity contribution in [1.29, 1.82) is 0 Å². The number of nitrogens with zero attached hydrogens (tertiary/aromatic N) is 1. The summed E-state index contributed by atoms with van der Waals surface area (Å²) in [4.78, 5) is 15.5. The summed E-state index contributed by atoms with van der Waals surface area (Å²) >= 11 is 0.728. The van der Waals surface area contributed by atoms with Gasteiger partial charge in [0, 0.05) is 11.3 Å². The van der Waals surface area contributed by atoms with Crippen molar-refractivity contribution in [3.05, 3.63) is 44.9 Å². The average Bonchev–Trinajstić information content (AvgIpc) is 2.98. The van der Waals surface area contributed by atoms with E-state index in [4.69, 9.17) is 4.74 Å². The molecule has 1 unspecified atom stereocenters. The zero-order chi connectivity index (χ0) is 18.6. The van der Waals surface area contributed by atoms with Crippen molar-refractivity contribution in [2.24, 2.45) is 0 Å². The minimum Gasteiger partial charge on any atom is -0.363 e. The number of ether oxygens (including phenoxy) is 1. The largest absolute Gasteiger partial charge is 0.435 e. The van der Waals surface area contributed by atoms with Crippen molar-refractivity contribution in [2.75, 3.05) is 5.32 Å². The van der Waals surface area contributed by atoms with E-state index in [-0.39, 0.29) is 11.1 Å². The second-order valence-electron chi connectivity index (χ2n) is 6.40. The Morgan fingerprint density at radius 2 is 2.04 bits per heavy atom. The molecule has 134 valence electrons. The van der Waals surface area contributed by atoms with Crippen LogP contribution in [0.5, 0.6) is 0 Å². The number of alkyl halides is 3.